The van der Waals surface area contributed by atoms with E-state index in [-0.39, 0.29) is 6.71 Å². The Morgan fingerprint density at radius 2 is 1.05 bits per heavy atom. The van der Waals surface area contributed by atoms with Gasteiger partial charge < -0.3 is 9.80 Å². The van der Waals surface area contributed by atoms with Crippen LogP contribution in [0, 0.1) is 20.8 Å². The Kier molecular flexibility index (Phi) is 7.91. The van der Waals surface area contributed by atoms with E-state index in [0.29, 0.717) is 0 Å². The molecular formula is C55H40BN5. The third-order valence-corrected chi connectivity index (χ3v) is 12.6. The van der Waals surface area contributed by atoms with Gasteiger partial charge in [-0.3, -0.25) is 9.55 Å². The molecule has 0 fully saturated rings. The summed E-state index contributed by atoms with van der Waals surface area (Å²) in [5.41, 5.74) is 20.7. The first kappa shape index (κ1) is 35.3. The molecule has 2 aliphatic heterocycles. The molecule has 0 unspecified atom stereocenters. The number of pyridine rings is 1. The van der Waals surface area contributed by atoms with Gasteiger partial charge in [-0.25, -0.2) is 4.98 Å². The SMILES string of the molecule is Cc1cc(C)c(-n2c(-c3ccc4c(c3)B3c5cc(-c6cc7ccccc7cn6)ccc5N(c5ccccc5)c5cccc(c53)N4c3ccccc3)nc3ccccc32)c(C)c1. The van der Waals surface area contributed by atoms with Crippen molar-refractivity contribution in [2.24, 2.45) is 0 Å². The highest BCUT2D eigenvalue weighted by atomic mass is 15.2. The minimum atomic E-state index is -0.0860. The number of nitrogens with zero attached hydrogens (tertiary/aromatic N) is 5. The van der Waals surface area contributed by atoms with Crippen LogP contribution in [-0.2, 0) is 0 Å². The number of fused-ring (bicyclic) bond motifs is 6. The lowest BCUT2D eigenvalue weighted by Gasteiger charge is -2.44. The molecule has 10 aromatic rings. The molecule has 5 nitrogen and oxygen atoms in total. The molecule has 2 aliphatic rings. The smallest absolute Gasteiger partial charge is 0.252 e. The molecule has 0 bridgehead atoms. The van der Waals surface area contributed by atoms with Crippen LogP contribution in [0.15, 0.2) is 188 Å². The van der Waals surface area contributed by atoms with Crippen molar-refractivity contribution in [2.45, 2.75) is 20.8 Å². The van der Waals surface area contributed by atoms with E-state index in [0.717, 1.165) is 61.8 Å². The van der Waals surface area contributed by atoms with E-state index in [4.69, 9.17) is 9.97 Å². The molecule has 288 valence electrons. The van der Waals surface area contributed by atoms with Gasteiger partial charge in [0, 0.05) is 51.3 Å². The number of anilines is 6. The van der Waals surface area contributed by atoms with Crippen molar-refractivity contribution in [3.63, 3.8) is 0 Å². The van der Waals surface area contributed by atoms with Gasteiger partial charge in [-0.15, -0.1) is 0 Å². The Labute approximate surface area is 355 Å². The van der Waals surface area contributed by atoms with Crippen LogP contribution >= 0.6 is 0 Å². The summed E-state index contributed by atoms with van der Waals surface area (Å²) >= 11 is 0. The van der Waals surface area contributed by atoms with E-state index < -0.39 is 0 Å². The summed E-state index contributed by atoms with van der Waals surface area (Å²) in [6.45, 7) is 6.53. The molecule has 12 rings (SSSR count). The lowest BCUT2D eigenvalue weighted by molar-refractivity contribution is 1.06. The van der Waals surface area contributed by atoms with E-state index in [9.17, 15) is 0 Å². The first-order chi connectivity index (χ1) is 30.0. The van der Waals surface area contributed by atoms with Gasteiger partial charge in [0.05, 0.1) is 22.4 Å². The Hall–Kier alpha value is -7.70. The third kappa shape index (κ3) is 5.49. The number of hydrogen-bond acceptors (Lipinski definition) is 4. The number of para-hydroxylation sites is 4. The molecule has 0 saturated heterocycles. The molecule has 0 aliphatic carbocycles. The predicted octanol–water partition coefficient (Wildman–Crippen LogP) is 11.9. The van der Waals surface area contributed by atoms with Gasteiger partial charge in [0.25, 0.3) is 6.71 Å². The molecule has 0 atom stereocenters. The van der Waals surface area contributed by atoms with Crippen LogP contribution in [0.4, 0.5) is 34.1 Å². The van der Waals surface area contributed by atoms with Crippen molar-refractivity contribution < 1.29 is 0 Å². The van der Waals surface area contributed by atoms with Crippen molar-refractivity contribution in [1.82, 2.24) is 14.5 Å². The van der Waals surface area contributed by atoms with Crippen LogP contribution in [0.25, 0.3) is 50.1 Å². The Morgan fingerprint density at radius 1 is 0.475 bits per heavy atom. The molecule has 4 heterocycles. The Bertz CT molecular complexity index is 3340. The third-order valence-electron chi connectivity index (χ3n) is 12.6. The fourth-order valence-electron chi connectivity index (χ4n) is 10.2. The Morgan fingerprint density at radius 3 is 1.72 bits per heavy atom. The molecule has 61 heavy (non-hydrogen) atoms. The summed E-state index contributed by atoms with van der Waals surface area (Å²) < 4.78 is 2.38. The fraction of sp³-hybridized carbons (Fsp3) is 0.0545. The summed E-state index contributed by atoms with van der Waals surface area (Å²) in [5, 5.41) is 2.31. The van der Waals surface area contributed by atoms with Crippen molar-refractivity contribution in [3.05, 3.63) is 205 Å². The summed E-state index contributed by atoms with van der Waals surface area (Å²) in [7, 11) is 0. The lowest BCUT2D eigenvalue weighted by atomic mass is 9.33. The van der Waals surface area contributed by atoms with Crippen LogP contribution in [-0.4, -0.2) is 21.2 Å². The Balaban J connectivity index is 1.15. The zero-order valence-corrected chi connectivity index (χ0v) is 34.2. The zero-order chi connectivity index (χ0) is 40.8. The summed E-state index contributed by atoms with van der Waals surface area (Å²) in [6.07, 6.45) is 2.00. The van der Waals surface area contributed by atoms with Crippen LogP contribution in [0.1, 0.15) is 16.7 Å². The van der Waals surface area contributed by atoms with E-state index in [1.54, 1.807) is 0 Å². The highest BCUT2D eigenvalue weighted by Gasteiger charge is 2.43. The number of aromatic nitrogens is 3. The van der Waals surface area contributed by atoms with Gasteiger partial charge in [0.1, 0.15) is 5.82 Å². The van der Waals surface area contributed by atoms with Gasteiger partial charge in [0.15, 0.2) is 0 Å². The van der Waals surface area contributed by atoms with Crippen LogP contribution in [0.5, 0.6) is 0 Å². The van der Waals surface area contributed by atoms with Crippen molar-refractivity contribution >= 4 is 79.0 Å². The second-order valence-corrected chi connectivity index (χ2v) is 16.5. The summed E-state index contributed by atoms with van der Waals surface area (Å²) in [6, 6.07) is 66.1. The normalized spacial score (nSPS) is 12.7. The monoisotopic (exact) mass is 781 g/mol. The topological polar surface area (TPSA) is 37.2 Å². The fourth-order valence-corrected chi connectivity index (χ4v) is 10.2. The number of benzene rings is 8. The standard InChI is InChI=1S/C55H40BN5/c1-35-29-36(2)54(37(3)30-35)61-50-22-13-12-21-46(50)58-55(61)40-26-28-49-45(32-40)56-44-31-39(47-33-38-15-10-11-16-41(38)34-57-47)25-27-48(44)59(42-17-6-4-7-18-42)51-23-14-24-52(53(51)56)60(49)43-19-8-5-9-20-43/h4-34H,1-3H3. The second-order valence-electron chi connectivity index (χ2n) is 16.5. The number of imidazole rings is 1. The molecule has 8 aromatic carbocycles. The average Bonchev–Trinajstić information content (AvgIpc) is 3.67. The highest BCUT2D eigenvalue weighted by molar-refractivity contribution is 7.00. The maximum absolute atomic E-state index is 5.42. The van der Waals surface area contributed by atoms with Gasteiger partial charge >= 0.3 is 0 Å². The number of aryl methyl sites for hydroxylation is 3. The van der Waals surface area contributed by atoms with E-state index in [2.05, 4.69) is 217 Å². The minimum absolute atomic E-state index is 0.0860. The number of hydrogen-bond donors (Lipinski definition) is 0. The van der Waals surface area contributed by atoms with E-state index in [1.807, 2.05) is 6.20 Å². The molecule has 6 heteroatoms. The quantitative estimate of drug-likeness (QED) is 0.163. The van der Waals surface area contributed by atoms with Crippen LogP contribution in [0.2, 0.25) is 0 Å². The summed E-state index contributed by atoms with van der Waals surface area (Å²) in [4.78, 5) is 15.4. The van der Waals surface area contributed by atoms with Gasteiger partial charge in [-0.1, -0.05) is 115 Å². The predicted molar refractivity (Wildman–Crippen MR) is 255 cm³/mol. The molecule has 0 N–H and O–H groups in total. The van der Waals surface area contributed by atoms with Crippen molar-refractivity contribution in [1.29, 1.82) is 0 Å². The van der Waals surface area contributed by atoms with Crippen LogP contribution in [0.3, 0.4) is 0 Å². The molecule has 0 radical (unpaired) electrons. The minimum Gasteiger partial charge on any atom is -0.311 e. The first-order valence-electron chi connectivity index (χ1n) is 21.0. The van der Waals surface area contributed by atoms with Crippen molar-refractivity contribution in [2.75, 3.05) is 9.80 Å². The maximum atomic E-state index is 5.42. The largest absolute Gasteiger partial charge is 0.311 e. The average molecular weight is 782 g/mol. The first-order valence-corrected chi connectivity index (χ1v) is 21.0. The molecule has 2 aromatic heterocycles. The molecule has 0 saturated carbocycles. The molecule has 0 spiro atoms. The van der Waals surface area contributed by atoms with E-state index in [1.165, 1.54) is 55.5 Å². The lowest BCUT2D eigenvalue weighted by Crippen LogP contribution is -2.61. The second kappa shape index (κ2) is 13.7. The highest BCUT2D eigenvalue weighted by Crippen LogP contribution is 2.45. The van der Waals surface area contributed by atoms with Crippen molar-refractivity contribution in [3.8, 4) is 28.3 Å². The summed E-state index contributed by atoms with van der Waals surface area (Å²) in [5.74, 6) is 0.931. The van der Waals surface area contributed by atoms with Gasteiger partial charge in [0.2, 0.25) is 0 Å². The van der Waals surface area contributed by atoms with Crippen LogP contribution < -0.4 is 26.2 Å². The van der Waals surface area contributed by atoms with E-state index >= 15 is 0 Å². The van der Waals surface area contributed by atoms with Gasteiger partial charge in [-0.2, -0.15) is 0 Å². The molecular weight excluding hydrogens is 741 g/mol. The maximum Gasteiger partial charge on any atom is 0.252 e. The molecule has 0 amide bonds. The number of rotatable bonds is 5. The zero-order valence-electron chi connectivity index (χ0n) is 34.2. The van der Waals surface area contributed by atoms with Gasteiger partial charge in [-0.05, 0) is 132 Å².